The fourth-order valence-corrected chi connectivity index (χ4v) is 2.24. The average Bonchev–Trinajstić information content (AvgIpc) is 3.03. The first-order valence-corrected chi connectivity index (χ1v) is 6.68. The lowest BCUT2D eigenvalue weighted by Gasteiger charge is -2.21. The van der Waals surface area contributed by atoms with Crippen molar-refractivity contribution in [3.63, 3.8) is 0 Å². The van der Waals surface area contributed by atoms with Crippen LogP contribution in [0, 0.1) is 0 Å². The molecule has 0 saturated carbocycles. The molecule has 0 aliphatic carbocycles. The summed E-state index contributed by atoms with van der Waals surface area (Å²) in [7, 11) is 1.36. The van der Waals surface area contributed by atoms with Crippen LogP contribution in [0.25, 0.3) is 0 Å². The van der Waals surface area contributed by atoms with Crippen molar-refractivity contribution in [3.8, 4) is 0 Å². The van der Waals surface area contributed by atoms with Gasteiger partial charge in [-0.25, -0.2) is 9.79 Å². The number of carbonyl (C=O) groups excluding carboxylic acids is 1. The van der Waals surface area contributed by atoms with Gasteiger partial charge in [0.2, 0.25) is 0 Å². The number of esters is 1. The number of ether oxygens (including phenoxy) is 4. The third-order valence-corrected chi connectivity index (χ3v) is 3.35. The highest BCUT2D eigenvalue weighted by molar-refractivity contribution is 5.85. The first kappa shape index (κ1) is 14.3. The number of rotatable bonds is 6. The molecule has 1 fully saturated rings. The Labute approximate surface area is 113 Å². The fourth-order valence-electron chi connectivity index (χ4n) is 2.24. The second-order valence-electron chi connectivity index (χ2n) is 4.91. The number of hydrogen-bond acceptors (Lipinski definition) is 6. The number of carbonyl (C=O) groups is 1. The van der Waals surface area contributed by atoms with E-state index in [1.54, 1.807) is 0 Å². The van der Waals surface area contributed by atoms with Crippen LogP contribution in [0.3, 0.4) is 0 Å². The van der Waals surface area contributed by atoms with Crippen LogP contribution >= 0.6 is 0 Å². The molecule has 2 rings (SSSR count). The van der Waals surface area contributed by atoms with Gasteiger partial charge < -0.3 is 18.9 Å². The van der Waals surface area contributed by atoms with Gasteiger partial charge in [0.1, 0.15) is 6.61 Å². The minimum atomic E-state index is -0.487. The fraction of sp³-hybridized carbons (Fsp3) is 0.846. The van der Waals surface area contributed by atoms with Crippen LogP contribution in [0.4, 0.5) is 0 Å². The molecule has 2 heterocycles. The van der Waals surface area contributed by atoms with E-state index in [2.05, 4.69) is 9.73 Å². The molecule has 1 saturated heterocycles. The number of hydrogen-bond donors (Lipinski definition) is 0. The molecule has 1 atom stereocenters. The van der Waals surface area contributed by atoms with Gasteiger partial charge >= 0.3 is 5.97 Å². The van der Waals surface area contributed by atoms with Crippen LogP contribution in [0.1, 0.15) is 32.6 Å². The van der Waals surface area contributed by atoms with Crippen molar-refractivity contribution >= 4 is 11.9 Å². The van der Waals surface area contributed by atoms with E-state index in [1.807, 2.05) is 6.92 Å². The molecular weight excluding hydrogens is 250 g/mol. The molecule has 0 radical (unpaired) electrons. The monoisotopic (exact) mass is 271 g/mol. The second-order valence-corrected chi connectivity index (χ2v) is 4.91. The van der Waals surface area contributed by atoms with Gasteiger partial charge in [-0.05, 0) is 19.8 Å². The van der Waals surface area contributed by atoms with Gasteiger partial charge in [-0.3, -0.25) is 0 Å². The van der Waals surface area contributed by atoms with E-state index in [1.165, 1.54) is 7.11 Å². The highest BCUT2D eigenvalue weighted by atomic mass is 16.7. The molecule has 0 unspecified atom stereocenters. The Morgan fingerprint density at radius 2 is 2.16 bits per heavy atom. The van der Waals surface area contributed by atoms with Crippen LogP contribution < -0.4 is 0 Å². The number of methoxy groups -OCH3 is 1. The predicted octanol–water partition coefficient (Wildman–Crippen LogP) is 1.28. The smallest absolute Gasteiger partial charge is 0.334 e. The van der Waals surface area contributed by atoms with Crippen molar-refractivity contribution in [2.24, 2.45) is 4.99 Å². The van der Waals surface area contributed by atoms with Crippen LogP contribution in [0.5, 0.6) is 0 Å². The van der Waals surface area contributed by atoms with E-state index in [9.17, 15) is 4.79 Å². The van der Waals surface area contributed by atoms with Gasteiger partial charge in [-0.15, -0.1) is 0 Å². The molecule has 0 N–H and O–H groups in total. The van der Waals surface area contributed by atoms with Crippen molar-refractivity contribution in [2.45, 2.75) is 44.4 Å². The second kappa shape index (κ2) is 6.34. The number of unbranched alkanes of at least 4 members (excludes halogenated alkanes) is 1. The molecule has 6 nitrogen and oxygen atoms in total. The Balaban J connectivity index is 1.65. The van der Waals surface area contributed by atoms with Crippen LogP contribution in [-0.2, 0) is 23.7 Å². The largest absolute Gasteiger partial charge is 0.478 e. The Morgan fingerprint density at radius 1 is 1.42 bits per heavy atom. The Kier molecular flexibility index (Phi) is 4.76. The van der Waals surface area contributed by atoms with Crippen molar-refractivity contribution in [2.75, 3.05) is 26.9 Å². The maximum Gasteiger partial charge on any atom is 0.334 e. The summed E-state index contributed by atoms with van der Waals surface area (Å²) in [6.45, 7) is 3.61. The van der Waals surface area contributed by atoms with Crippen LogP contribution in [0.2, 0.25) is 0 Å². The lowest BCUT2D eigenvalue weighted by atomic mass is 10.1. The molecule has 19 heavy (non-hydrogen) atoms. The Morgan fingerprint density at radius 3 is 2.84 bits per heavy atom. The zero-order valence-electron chi connectivity index (χ0n) is 11.5. The summed E-state index contributed by atoms with van der Waals surface area (Å²) < 4.78 is 21.1. The van der Waals surface area contributed by atoms with Gasteiger partial charge in [0.25, 0.3) is 0 Å². The zero-order valence-corrected chi connectivity index (χ0v) is 11.5. The van der Waals surface area contributed by atoms with Crippen molar-refractivity contribution < 1.29 is 23.7 Å². The third kappa shape index (κ3) is 3.91. The lowest BCUT2D eigenvalue weighted by molar-refractivity contribution is -0.147. The molecule has 0 aromatic rings. The summed E-state index contributed by atoms with van der Waals surface area (Å²) in [5, 5.41) is 0. The summed E-state index contributed by atoms with van der Waals surface area (Å²) in [6.07, 6.45) is 3.51. The predicted molar refractivity (Wildman–Crippen MR) is 68.0 cm³/mol. The summed E-state index contributed by atoms with van der Waals surface area (Å²) in [5.74, 6) is -0.114. The van der Waals surface area contributed by atoms with E-state index in [-0.39, 0.29) is 5.97 Å². The summed E-state index contributed by atoms with van der Waals surface area (Å²) in [4.78, 5) is 15.5. The molecule has 2 aliphatic rings. The first-order chi connectivity index (χ1) is 9.13. The minimum absolute atomic E-state index is 0.298. The van der Waals surface area contributed by atoms with Gasteiger partial charge in [-0.2, -0.15) is 0 Å². The highest BCUT2D eigenvalue weighted by Gasteiger charge is 2.30. The SMILES string of the molecule is COC(=O)[C@@H]1COC(CCCCC2(C)OCCO2)=N1. The number of nitrogens with zero attached hydrogens (tertiary/aromatic N) is 1. The summed E-state index contributed by atoms with van der Waals surface area (Å²) >= 11 is 0. The molecule has 0 spiro atoms. The highest BCUT2D eigenvalue weighted by Crippen LogP contribution is 2.25. The molecule has 6 heteroatoms. The topological polar surface area (TPSA) is 66.4 Å². The van der Waals surface area contributed by atoms with E-state index in [0.29, 0.717) is 25.7 Å². The van der Waals surface area contributed by atoms with Gasteiger partial charge in [-0.1, -0.05) is 0 Å². The summed E-state index contributed by atoms with van der Waals surface area (Å²) in [5.41, 5.74) is 0. The molecule has 0 aromatic heterocycles. The molecule has 0 amide bonds. The average molecular weight is 271 g/mol. The van der Waals surface area contributed by atoms with Gasteiger partial charge in [0.15, 0.2) is 17.7 Å². The van der Waals surface area contributed by atoms with Gasteiger partial charge in [0.05, 0.1) is 20.3 Å². The quantitative estimate of drug-likeness (QED) is 0.538. The molecule has 108 valence electrons. The lowest BCUT2D eigenvalue weighted by Crippen LogP contribution is -2.25. The summed E-state index contributed by atoms with van der Waals surface area (Å²) in [6, 6.07) is -0.487. The maximum absolute atomic E-state index is 11.3. The van der Waals surface area contributed by atoms with Gasteiger partial charge in [0, 0.05) is 12.8 Å². The minimum Gasteiger partial charge on any atom is -0.478 e. The third-order valence-electron chi connectivity index (χ3n) is 3.35. The molecule has 2 aliphatic heterocycles. The molecule has 0 aromatic carbocycles. The van der Waals surface area contributed by atoms with E-state index >= 15 is 0 Å². The standard InChI is InChI=1S/C13H21NO5/c1-13(18-7-8-19-13)6-4-3-5-11-14-10(9-17-11)12(15)16-2/h10H,3-9H2,1-2H3/t10-/m0/s1. The van der Waals surface area contributed by atoms with E-state index < -0.39 is 11.8 Å². The maximum atomic E-state index is 11.3. The first-order valence-electron chi connectivity index (χ1n) is 6.68. The van der Waals surface area contributed by atoms with Crippen LogP contribution in [-0.4, -0.2) is 50.6 Å². The van der Waals surface area contributed by atoms with E-state index in [4.69, 9.17) is 14.2 Å². The normalized spacial score (nSPS) is 24.9. The molecule has 0 bridgehead atoms. The Hall–Kier alpha value is -1.14. The van der Waals surface area contributed by atoms with Crippen molar-refractivity contribution in [1.82, 2.24) is 0 Å². The molecular formula is C13H21NO5. The van der Waals surface area contributed by atoms with Crippen molar-refractivity contribution in [1.29, 1.82) is 0 Å². The Bertz CT molecular complexity index is 349. The zero-order chi connectivity index (χ0) is 13.7. The van der Waals surface area contributed by atoms with E-state index in [0.717, 1.165) is 25.7 Å². The number of aliphatic imine (C=N–C) groups is 1. The van der Waals surface area contributed by atoms with Crippen LogP contribution in [0.15, 0.2) is 4.99 Å². The van der Waals surface area contributed by atoms with Crippen molar-refractivity contribution in [3.05, 3.63) is 0 Å².